The third-order valence-corrected chi connectivity index (χ3v) is 2.59. The van der Waals surface area contributed by atoms with Gasteiger partial charge in [0.2, 0.25) is 0 Å². The largest absolute Gasteiger partial charge is 0.317 e. The SMILES string of the molecule is CCc1nc2ccc(C(C)=O)c(F)c2[nH]c1=O. The molecule has 2 rings (SSSR count). The number of carbonyl (C=O) groups is 1. The molecule has 17 heavy (non-hydrogen) atoms. The molecular formula is C12H11FN2O2. The first-order chi connectivity index (χ1) is 8.04. The molecule has 0 aliphatic rings. The minimum atomic E-state index is -0.720. The number of aryl methyl sites for hydroxylation is 1. The monoisotopic (exact) mass is 234 g/mol. The summed E-state index contributed by atoms with van der Waals surface area (Å²) in [6.45, 7) is 3.07. The second kappa shape index (κ2) is 4.08. The molecular weight excluding hydrogens is 223 g/mol. The Morgan fingerprint density at radius 1 is 1.47 bits per heavy atom. The van der Waals surface area contributed by atoms with E-state index in [1.54, 1.807) is 6.92 Å². The van der Waals surface area contributed by atoms with E-state index in [2.05, 4.69) is 9.97 Å². The number of Topliss-reactive ketones (excluding diaryl/α,β-unsaturated/α-hetero) is 1. The van der Waals surface area contributed by atoms with Crippen LogP contribution in [0, 0.1) is 5.82 Å². The summed E-state index contributed by atoms with van der Waals surface area (Å²) in [5.74, 6) is -1.10. The Morgan fingerprint density at radius 2 is 2.18 bits per heavy atom. The van der Waals surface area contributed by atoms with Crippen LogP contribution in [-0.4, -0.2) is 15.8 Å². The molecule has 0 unspecified atom stereocenters. The fraction of sp³-hybridized carbons (Fsp3) is 0.250. The molecule has 0 aliphatic carbocycles. The zero-order valence-electron chi connectivity index (χ0n) is 9.50. The van der Waals surface area contributed by atoms with E-state index in [4.69, 9.17) is 0 Å². The Kier molecular flexibility index (Phi) is 2.75. The first kappa shape index (κ1) is 11.4. The molecule has 0 saturated carbocycles. The van der Waals surface area contributed by atoms with Gasteiger partial charge in [0.15, 0.2) is 11.6 Å². The van der Waals surface area contributed by atoms with Crippen molar-refractivity contribution in [3.05, 3.63) is 39.6 Å². The third-order valence-electron chi connectivity index (χ3n) is 2.59. The van der Waals surface area contributed by atoms with E-state index in [1.807, 2.05) is 0 Å². The van der Waals surface area contributed by atoms with Crippen LogP contribution in [0.5, 0.6) is 0 Å². The average Bonchev–Trinajstić information content (AvgIpc) is 2.29. The molecule has 2 aromatic rings. The van der Waals surface area contributed by atoms with Crippen molar-refractivity contribution < 1.29 is 9.18 Å². The number of carbonyl (C=O) groups excluding carboxylic acids is 1. The van der Waals surface area contributed by atoms with Crippen molar-refractivity contribution >= 4 is 16.8 Å². The Hall–Kier alpha value is -2.04. The Morgan fingerprint density at radius 3 is 2.76 bits per heavy atom. The van der Waals surface area contributed by atoms with Crippen molar-refractivity contribution in [1.82, 2.24) is 9.97 Å². The normalized spacial score (nSPS) is 10.8. The molecule has 1 aromatic carbocycles. The van der Waals surface area contributed by atoms with Crippen molar-refractivity contribution in [3.8, 4) is 0 Å². The predicted octanol–water partition coefficient (Wildman–Crippen LogP) is 1.83. The Bertz CT molecular complexity index is 661. The van der Waals surface area contributed by atoms with Crippen LogP contribution in [0.4, 0.5) is 4.39 Å². The van der Waals surface area contributed by atoms with Crippen LogP contribution in [0.3, 0.4) is 0 Å². The molecule has 0 bridgehead atoms. The van der Waals surface area contributed by atoms with Crippen LogP contribution in [0.2, 0.25) is 0 Å². The van der Waals surface area contributed by atoms with Crippen LogP contribution < -0.4 is 5.56 Å². The van der Waals surface area contributed by atoms with E-state index >= 15 is 0 Å². The van der Waals surface area contributed by atoms with E-state index in [0.29, 0.717) is 17.6 Å². The number of rotatable bonds is 2. The molecule has 1 heterocycles. The van der Waals surface area contributed by atoms with Crippen LogP contribution in [0.15, 0.2) is 16.9 Å². The van der Waals surface area contributed by atoms with E-state index in [-0.39, 0.29) is 16.9 Å². The molecule has 5 heteroatoms. The zero-order valence-corrected chi connectivity index (χ0v) is 9.50. The predicted molar refractivity (Wildman–Crippen MR) is 61.7 cm³/mol. The average molecular weight is 234 g/mol. The highest BCUT2D eigenvalue weighted by Gasteiger charge is 2.13. The number of hydrogen-bond donors (Lipinski definition) is 1. The van der Waals surface area contributed by atoms with E-state index < -0.39 is 11.4 Å². The summed E-state index contributed by atoms with van der Waals surface area (Å²) >= 11 is 0. The standard InChI is InChI=1S/C12H11FN2O2/c1-3-8-12(17)15-11-9(14-8)5-4-7(6(2)16)10(11)13/h4-5H,3H2,1-2H3,(H,15,17). The van der Waals surface area contributed by atoms with E-state index in [9.17, 15) is 14.0 Å². The molecule has 4 nitrogen and oxygen atoms in total. The van der Waals surface area contributed by atoms with Gasteiger partial charge in [-0.05, 0) is 25.5 Å². The van der Waals surface area contributed by atoms with Crippen molar-refractivity contribution in [3.63, 3.8) is 0 Å². The number of benzene rings is 1. The molecule has 1 aromatic heterocycles. The highest BCUT2D eigenvalue weighted by molar-refractivity contribution is 5.97. The zero-order chi connectivity index (χ0) is 12.6. The quantitative estimate of drug-likeness (QED) is 0.806. The lowest BCUT2D eigenvalue weighted by atomic mass is 10.1. The van der Waals surface area contributed by atoms with Gasteiger partial charge in [0.1, 0.15) is 11.2 Å². The highest BCUT2D eigenvalue weighted by Crippen LogP contribution is 2.17. The lowest BCUT2D eigenvalue weighted by Crippen LogP contribution is -2.15. The molecule has 0 fully saturated rings. The van der Waals surface area contributed by atoms with Crippen LogP contribution >= 0.6 is 0 Å². The highest BCUT2D eigenvalue weighted by atomic mass is 19.1. The van der Waals surface area contributed by atoms with Gasteiger partial charge < -0.3 is 4.98 Å². The summed E-state index contributed by atoms with van der Waals surface area (Å²) in [7, 11) is 0. The van der Waals surface area contributed by atoms with Crippen molar-refractivity contribution in [2.45, 2.75) is 20.3 Å². The van der Waals surface area contributed by atoms with Gasteiger partial charge in [-0.15, -0.1) is 0 Å². The smallest absolute Gasteiger partial charge is 0.270 e. The molecule has 88 valence electrons. The molecule has 0 spiro atoms. The van der Waals surface area contributed by atoms with Gasteiger partial charge in [0.05, 0.1) is 11.1 Å². The Balaban J connectivity index is 2.83. The van der Waals surface area contributed by atoms with Gasteiger partial charge in [0.25, 0.3) is 5.56 Å². The minimum Gasteiger partial charge on any atom is -0.317 e. The van der Waals surface area contributed by atoms with Crippen LogP contribution in [-0.2, 0) is 6.42 Å². The molecule has 0 radical (unpaired) electrons. The molecule has 0 saturated heterocycles. The third kappa shape index (κ3) is 1.84. The molecule has 0 amide bonds. The number of halogens is 1. The second-order valence-electron chi connectivity index (χ2n) is 3.74. The minimum absolute atomic E-state index is 0.0140. The van der Waals surface area contributed by atoms with Gasteiger partial charge in [0, 0.05) is 0 Å². The summed E-state index contributed by atoms with van der Waals surface area (Å²) in [6, 6.07) is 2.91. The Labute approximate surface area is 96.5 Å². The summed E-state index contributed by atoms with van der Waals surface area (Å²) in [4.78, 5) is 29.2. The molecule has 0 atom stereocenters. The summed E-state index contributed by atoms with van der Waals surface area (Å²) < 4.78 is 13.9. The summed E-state index contributed by atoms with van der Waals surface area (Å²) in [5.41, 5.74) is 0.232. The molecule has 1 N–H and O–H groups in total. The number of H-pyrrole nitrogens is 1. The van der Waals surface area contributed by atoms with Gasteiger partial charge in [-0.1, -0.05) is 6.92 Å². The fourth-order valence-corrected chi connectivity index (χ4v) is 1.67. The second-order valence-corrected chi connectivity index (χ2v) is 3.74. The van der Waals surface area contributed by atoms with Crippen LogP contribution in [0.1, 0.15) is 29.9 Å². The summed E-state index contributed by atoms with van der Waals surface area (Å²) in [5, 5.41) is 0. The van der Waals surface area contributed by atoms with E-state index in [1.165, 1.54) is 19.1 Å². The number of aromatic nitrogens is 2. The number of ketones is 1. The topological polar surface area (TPSA) is 62.8 Å². The van der Waals surface area contributed by atoms with Crippen molar-refractivity contribution in [2.75, 3.05) is 0 Å². The number of aromatic amines is 1. The van der Waals surface area contributed by atoms with Gasteiger partial charge in [-0.3, -0.25) is 9.59 Å². The first-order valence-corrected chi connectivity index (χ1v) is 5.27. The number of fused-ring (bicyclic) bond motifs is 1. The maximum absolute atomic E-state index is 13.9. The summed E-state index contributed by atoms with van der Waals surface area (Å²) in [6.07, 6.45) is 0.474. The first-order valence-electron chi connectivity index (χ1n) is 5.27. The van der Waals surface area contributed by atoms with Crippen molar-refractivity contribution in [1.29, 1.82) is 0 Å². The van der Waals surface area contributed by atoms with Gasteiger partial charge >= 0.3 is 0 Å². The lowest BCUT2D eigenvalue weighted by Gasteiger charge is -2.04. The van der Waals surface area contributed by atoms with E-state index in [0.717, 1.165) is 0 Å². The number of hydrogen-bond acceptors (Lipinski definition) is 3. The van der Waals surface area contributed by atoms with Gasteiger partial charge in [-0.25, -0.2) is 9.37 Å². The molecule has 0 aliphatic heterocycles. The fourth-order valence-electron chi connectivity index (χ4n) is 1.67. The maximum Gasteiger partial charge on any atom is 0.270 e. The maximum atomic E-state index is 13.9. The number of nitrogens with zero attached hydrogens (tertiary/aromatic N) is 1. The lowest BCUT2D eigenvalue weighted by molar-refractivity contribution is 0.101. The number of nitrogens with one attached hydrogen (secondary N) is 1. The van der Waals surface area contributed by atoms with Gasteiger partial charge in [-0.2, -0.15) is 0 Å². The van der Waals surface area contributed by atoms with Crippen molar-refractivity contribution in [2.24, 2.45) is 0 Å². The van der Waals surface area contributed by atoms with Crippen LogP contribution in [0.25, 0.3) is 11.0 Å².